The van der Waals surface area contributed by atoms with Gasteiger partial charge < -0.3 is 14.8 Å². The van der Waals surface area contributed by atoms with E-state index >= 15 is 0 Å². The number of ether oxygens (including phenoxy) is 2. The molecule has 2 aliphatic rings. The van der Waals surface area contributed by atoms with E-state index in [9.17, 15) is 13.2 Å². The number of amides is 1. The first-order chi connectivity index (χ1) is 12.5. The Hall–Kier alpha value is -2.74. The quantitative estimate of drug-likeness (QED) is 0.876. The molecule has 1 N–H and O–H groups in total. The molecule has 7 nitrogen and oxygen atoms in total. The van der Waals surface area contributed by atoms with Crippen molar-refractivity contribution < 1.29 is 22.7 Å². The van der Waals surface area contributed by atoms with Crippen LogP contribution in [0.1, 0.15) is 5.56 Å². The topological polar surface area (TPSA) is 84.9 Å². The molecule has 1 atom stereocenters. The zero-order chi connectivity index (χ0) is 18.3. The number of para-hydroxylation sites is 1. The van der Waals surface area contributed by atoms with Gasteiger partial charge in [-0.1, -0.05) is 18.2 Å². The fourth-order valence-corrected chi connectivity index (χ4v) is 4.98. The number of nitrogens with zero attached hydrogens (tertiary/aromatic N) is 1. The van der Waals surface area contributed by atoms with E-state index in [0.717, 1.165) is 5.56 Å². The maximum Gasteiger partial charge on any atom is 0.265 e. The van der Waals surface area contributed by atoms with Crippen molar-refractivity contribution in [3.8, 4) is 11.5 Å². The molecule has 0 radical (unpaired) electrons. The van der Waals surface area contributed by atoms with E-state index in [0.29, 0.717) is 36.8 Å². The minimum Gasteiger partial charge on any atom is -0.486 e. The molecule has 2 aromatic rings. The molecule has 2 aromatic carbocycles. The van der Waals surface area contributed by atoms with E-state index in [4.69, 9.17) is 9.47 Å². The van der Waals surface area contributed by atoms with Crippen LogP contribution in [0.3, 0.4) is 0 Å². The highest BCUT2D eigenvalue weighted by Crippen LogP contribution is 2.39. The van der Waals surface area contributed by atoms with Crippen molar-refractivity contribution in [1.29, 1.82) is 0 Å². The second-order valence-corrected chi connectivity index (χ2v) is 7.88. The van der Waals surface area contributed by atoms with E-state index in [-0.39, 0.29) is 10.8 Å². The third-order valence-electron chi connectivity index (χ3n) is 4.54. The van der Waals surface area contributed by atoms with Crippen molar-refractivity contribution in [2.45, 2.75) is 17.4 Å². The maximum absolute atomic E-state index is 13.4. The highest BCUT2D eigenvalue weighted by Gasteiger charge is 2.42. The number of likely N-dealkylation sites (N-methyl/N-ethyl adjacent to an activating group) is 1. The van der Waals surface area contributed by atoms with Crippen molar-refractivity contribution in [2.24, 2.45) is 0 Å². The zero-order valence-electron chi connectivity index (χ0n) is 14.1. The van der Waals surface area contributed by atoms with Crippen molar-refractivity contribution in [3.63, 3.8) is 0 Å². The van der Waals surface area contributed by atoms with Crippen LogP contribution in [0, 0.1) is 0 Å². The molecule has 136 valence electrons. The third-order valence-corrected chi connectivity index (χ3v) is 6.36. The number of fused-ring (bicyclic) bond motifs is 2. The fraction of sp³-hybridized carbons (Fsp3) is 0.278. The van der Waals surface area contributed by atoms with Gasteiger partial charge in [-0.3, -0.25) is 9.10 Å². The highest BCUT2D eigenvalue weighted by molar-refractivity contribution is 7.93. The van der Waals surface area contributed by atoms with Gasteiger partial charge in [0.2, 0.25) is 5.91 Å². The van der Waals surface area contributed by atoms with Crippen molar-refractivity contribution in [1.82, 2.24) is 5.32 Å². The predicted molar refractivity (Wildman–Crippen MR) is 95.1 cm³/mol. The number of nitrogens with one attached hydrogen (secondary N) is 1. The molecule has 0 unspecified atom stereocenters. The minimum absolute atomic E-state index is 0.0624. The van der Waals surface area contributed by atoms with Gasteiger partial charge >= 0.3 is 0 Å². The summed E-state index contributed by atoms with van der Waals surface area (Å²) in [5.41, 5.74) is 1.35. The van der Waals surface area contributed by atoms with Crippen LogP contribution in [0.4, 0.5) is 5.69 Å². The molecule has 8 heteroatoms. The molecule has 26 heavy (non-hydrogen) atoms. The van der Waals surface area contributed by atoms with Gasteiger partial charge in [-0.25, -0.2) is 8.42 Å². The standard InChI is InChI=1S/C18H18N2O5S/c1-19-18(21)15-10-12-4-2-3-5-14(12)20(15)26(22,23)13-6-7-16-17(11-13)25-9-8-24-16/h2-7,11,15H,8-10H2,1H3,(H,19,21)/t15-/m1/s1. The van der Waals surface area contributed by atoms with Crippen LogP contribution in [0.25, 0.3) is 0 Å². The van der Waals surface area contributed by atoms with Crippen LogP contribution in [0.15, 0.2) is 47.4 Å². The molecule has 0 aromatic heterocycles. The molecule has 0 fully saturated rings. The summed E-state index contributed by atoms with van der Waals surface area (Å²) >= 11 is 0. The third kappa shape index (κ3) is 2.57. The molecular formula is C18H18N2O5S. The molecule has 0 saturated heterocycles. The molecule has 2 aliphatic heterocycles. The Balaban J connectivity index is 1.81. The van der Waals surface area contributed by atoms with Crippen LogP contribution in [-0.2, 0) is 21.2 Å². The van der Waals surface area contributed by atoms with Crippen LogP contribution >= 0.6 is 0 Å². The van der Waals surface area contributed by atoms with Gasteiger partial charge in [0.05, 0.1) is 10.6 Å². The molecule has 0 saturated carbocycles. The Kier molecular flexibility index (Phi) is 3.99. The lowest BCUT2D eigenvalue weighted by Crippen LogP contribution is -2.47. The lowest BCUT2D eigenvalue weighted by Gasteiger charge is -2.26. The Morgan fingerprint density at radius 2 is 1.85 bits per heavy atom. The first-order valence-electron chi connectivity index (χ1n) is 8.26. The smallest absolute Gasteiger partial charge is 0.265 e. The van der Waals surface area contributed by atoms with Gasteiger partial charge in [-0.05, 0) is 23.8 Å². The summed E-state index contributed by atoms with van der Waals surface area (Å²) in [6.07, 6.45) is 0.333. The summed E-state index contributed by atoms with van der Waals surface area (Å²) < 4.78 is 38.9. The second kappa shape index (κ2) is 6.21. The van der Waals surface area contributed by atoms with E-state index in [1.807, 2.05) is 12.1 Å². The summed E-state index contributed by atoms with van der Waals surface area (Å²) in [5.74, 6) is 0.559. The lowest BCUT2D eigenvalue weighted by atomic mass is 10.1. The SMILES string of the molecule is CNC(=O)[C@H]1Cc2ccccc2N1S(=O)(=O)c1ccc2c(c1)OCCO2. The number of anilines is 1. The van der Waals surface area contributed by atoms with E-state index in [1.165, 1.54) is 23.5 Å². The maximum atomic E-state index is 13.4. The largest absolute Gasteiger partial charge is 0.486 e. The first kappa shape index (κ1) is 16.7. The predicted octanol–water partition coefficient (Wildman–Crippen LogP) is 1.32. The summed E-state index contributed by atoms with van der Waals surface area (Å²) in [5, 5.41) is 2.56. The number of rotatable bonds is 3. The van der Waals surface area contributed by atoms with Crippen molar-refractivity contribution in [3.05, 3.63) is 48.0 Å². The number of benzene rings is 2. The molecule has 0 spiro atoms. The van der Waals surface area contributed by atoms with Gasteiger partial charge in [0.15, 0.2) is 11.5 Å². The summed E-state index contributed by atoms with van der Waals surface area (Å²) in [7, 11) is -2.45. The number of hydrogen-bond donors (Lipinski definition) is 1. The molecule has 0 aliphatic carbocycles. The van der Waals surface area contributed by atoms with Crippen molar-refractivity contribution in [2.75, 3.05) is 24.6 Å². The van der Waals surface area contributed by atoms with Crippen molar-refractivity contribution >= 4 is 21.6 Å². The highest BCUT2D eigenvalue weighted by atomic mass is 32.2. The minimum atomic E-state index is -3.95. The Bertz CT molecular complexity index is 973. The average molecular weight is 374 g/mol. The van der Waals surface area contributed by atoms with Crippen LogP contribution in [0.5, 0.6) is 11.5 Å². The van der Waals surface area contributed by atoms with E-state index in [2.05, 4.69) is 5.32 Å². The molecule has 0 bridgehead atoms. The van der Waals surface area contributed by atoms with Crippen LogP contribution < -0.4 is 19.1 Å². The number of hydrogen-bond acceptors (Lipinski definition) is 5. The normalized spacial score (nSPS) is 18.3. The van der Waals surface area contributed by atoms with Crippen LogP contribution in [0.2, 0.25) is 0 Å². The van der Waals surface area contributed by atoms with Crippen LogP contribution in [-0.4, -0.2) is 40.6 Å². The molecular weight excluding hydrogens is 356 g/mol. The summed E-state index contributed by atoms with van der Waals surface area (Å²) in [4.78, 5) is 12.4. The number of sulfonamides is 1. The zero-order valence-corrected chi connectivity index (χ0v) is 15.0. The Labute approximate surface area is 151 Å². The molecule has 1 amide bonds. The van der Waals surface area contributed by atoms with E-state index < -0.39 is 16.1 Å². The average Bonchev–Trinajstić information content (AvgIpc) is 3.07. The number of carbonyl (C=O) groups is 1. The van der Waals surface area contributed by atoms with Gasteiger partial charge in [0, 0.05) is 19.5 Å². The summed E-state index contributed by atoms with van der Waals surface area (Å²) in [6.45, 7) is 0.793. The molecule has 4 rings (SSSR count). The van der Waals surface area contributed by atoms with Gasteiger partial charge in [-0.15, -0.1) is 0 Å². The lowest BCUT2D eigenvalue weighted by molar-refractivity contribution is -0.121. The fourth-order valence-electron chi connectivity index (χ4n) is 3.32. The number of carbonyl (C=O) groups excluding carboxylic acids is 1. The Morgan fingerprint density at radius 1 is 1.12 bits per heavy atom. The monoisotopic (exact) mass is 374 g/mol. The van der Waals surface area contributed by atoms with Gasteiger partial charge in [0.1, 0.15) is 19.3 Å². The second-order valence-electron chi connectivity index (χ2n) is 6.07. The molecule has 2 heterocycles. The van der Waals surface area contributed by atoms with Gasteiger partial charge in [-0.2, -0.15) is 0 Å². The Morgan fingerprint density at radius 3 is 2.62 bits per heavy atom. The first-order valence-corrected chi connectivity index (χ1v) is 9.70. The summed E-state index contributed by atoms with van der Waals surface area (Å²) in [6, 6.07) is 10.8. The van der Waals surface area contributed by atoms with Gasteiger partial charge in [0.25, 0.3) is 10.0 Å². The van der Waals surface area contributed by atoms with E-state index in [1.54, 1.807) is 18.2 Å².